The lowest BCUT2D eigenvalue weighted by Gasteiger charge is -2.15. The second-order valence-electron chi connectivity index (χ2n) is 4.31. The van der Waals surface area contributed by atoms with Gasteiger partial charge in [0.1, 0.15) is 12.1 Å². The summed E-state index contributed by atoms with van der Waals surface area (Å²) in [5, 5.41) is 5.76. The van der Waals surface area contributed by atoms with Gasteiger partial charge in [-0.25, -0.2) is 4.79 Å². The van der Waals surface area contributed by atoms with Crippen molar-refractivity contribution in [3.63, 3.8) is 0 Å². The first kappa shape index (κ1) is 12.4. The third-order valence-corrected chi connectivity index (χ3v) is 3.00. The fourth-order valence-electron chi connectivity index (χ4n) is 2.01. The van der Waals surface area contributed by atoms with Crippen molar-refractivity contribution < 1.29 is 14.3 Å². The number of methoxy groups -OCH3 is 1. The van der Waals surface area contributed by atoms with Crippen LogP contribution in [0.15, 0.2) is 24.3 Å². The highest BCUT2D eigenvalue weighted by Gasteiger charge is 2.28. The minimum atomic E-state index is -0.631. The minimum absolute atomic E-state index is 0.191. The zero-order chi connectivity index (χ0) is 13.1. The Kier molecular flexibility index (Phi) is 3.50. The normalized spacial score (nSPS) is 18.4. The van der Waals surface area contributed by atoms with Crippen LogP contribution in [-0.2, 0) is 20.7 Å². The average Bonchev–Trinajstić information content (AvgIpc) is 2.81. The zero-order valence-electron chi connectivity index (χ0n) is 10.4. The van der Waals surface area contributed by atoms with Crippen molar-refractivity contribution >= 4 is 17.6 Å². The van der Waals surface area contributed by atoms with Gasteiger partial charge in [-0.1, -0.05) is 18.2 Å². The smallest absolute Gasteiger partial charge is 0.328 e. The Morgan fingerprint density at radius 2 is 2.17 bits per heavy atom. The molecule has 2 rings (SSSR count). The summed E-state index contributed by atoms with van der Waals surface area (Å²) < 4.78 is 4.56. The first-order valence-corrected chi connectivity index (χ1v) is 5.84. The maximum atomic E-state index is 12.0. The van der Waals surface area contributed by atoms with E-state index in [4.69, 9.17) is 0 Å². The molecule has 1 aromatic carbocycles. The molecule has 0 fully saturated rings. The molecule has 0 spiro atoms. The molecule has 1 unspecified atom stereocenters. The van der Waals surface area contributed by atoms with Gasteiger partial charge in [0.15, 0.2) is 0 Å². The molecular formula is C13H16N2O3. The van der Waals surface area contributed by atoms with Crippen molar-refractivity contribution in [2.24, 2.45) is 0 Å². The second-order valence-corrected chi connectivity index (χ2v) is 4.31. The third-order valence-electron chi connectivity index (χ3n) is 3.00. The summed E-state index contributed by atoms with van der Waals surface area (Å²) in [7, 11) is 1.30. The summed E-state index contributed by atoms with van der Waals surface area (Å²) in [5.74, 6) is -0.636. The molecule has 18 heavy (non-hydrogen) atoms. The molecule has 1 aliphatic heterocycles. The lowest BCUT2D eigenvalue weighted by Crippen LogP contribution is -2.46. The molecule has 5 nitrogen and oxygen atoms in total. The number of amides is 1. The van der Waals surface area contributed by atoms with Gasteiger partial charge in [-0.3, -0.25) is 4.79 Å². The number of benzene rings is 1. The Labute approximate surface area is 106 Å². The molecule has 0 saturated carbocycles. The molecule has 0 aliphatic carbocycles. The summed E-state index contributed by atoms with van der Waals surface area (Å²) >= 11 is 0. The number of rotatable bonds is 3. The predicted octanol–water partition coefficient (Wildman–Crippen LogP) is 0.701. The van der Waals surface area contributed by atoms with E-state index in [1.165, 1.54) is 7.11 Å². The highest BCUT2D eigenvalue weighted by atomic mass is 16.5. The molecule has 0 radical (unpaired) electrons. The number of hydrogen-bond acceptors (Lipinski definition) is 4. The molecule has 5 heteroatoms. The van der Waals surface area contributed by atoms with Crippen molar-refractivity contribution in [2.75, 3.05) is 12.4 Å². The van der Waals surface area contributed by atoms with E-state index in [0.29, 0.717) is 6.42 Å². The van der Waals surface area contributed by atoms with Crippen molar-refractivity contribution in [3.05, 3.63) is 29.8 Å². The molecule has 1 aromatic rings. The Morgan fingerprint density at radius 3 is 2.83 bits per heavy atom. The van der Waals surface area contributed by atoms with Crippen LogP contribution in [0.2, 0.25) is 0 Å². The lowest BCUT2D eigenvalue weighted by molar-refractivity contribution is -0.144. The summed E-state index contributed by atoms with van der Waals surface area (Å²) in [5.41, 5.74) is 2.09. The number of fused-ring (bicyclic) bond motifs is 1. The number of hydrogen-bond donors (Lipinski definition) is 2. The largest absolute Gasteiger partial charge is 0.467 e. The molecule has 0 aromatic heterocycles. The Hall–Kier alpha value is -2.04. The van der Waals surface area contributed by atoms with Gasteiger partial charge in [-0.15, -0.1) is 0 Å². The van der Waals surface area contributed by atoms with Crippen LogP contribution >= 0.6 is 0 Å². The van der Waals surface area contributed by atoms with E-state index in [-0.39, 0.29) is 11.9 Å². The maximum absolute atomic E-state index is 12.0. The quantitative estimate of drug-likeness (QED) is 0.773. The van der Waals surface area contributed by atoms with Crippen LogP contribution in [0.5, 0.6) is 0 Å². The van der Waals surface area contributed by atoms with Crippen LogP contribution in [0.1, 0.15) is 12.5 Å². The van der Waals surface area contributed by atoms with E-state index in [1.54, 1.807) is 6.92 Å². The van der Waals surface area contributed by atoms with E-state index in [1.807, 2.05) is 24.3 Å². The van der Waals surface area contributed by atoms with Gasteiger partial charge < -0.3 is 15.4 Å². The van der Waals surface area contributed by atoms with Crippen LogP contribution in [0.25, 0.3) is 0 Å². The number of anilines is 1. The van der Waals surface area contributed by atoms with Gasteiger partial charge in [0, 0.05) is 12.1 Å². The van der Waals surface area contributed by atoms with Gasteiger partial charge in [0.2, 0.25) is 5.91 Å². The summed E-state index contributed by atoms with van der Waals surface area (Å²) in [6, 6.07) is 6.83. The van der Waals surface area contributed by atoms with E-state index >= 15 is 0 Å². The molecule has 96 valence electrons. The highest BCUT2D eigenvalue weighted by molar-refractivity contribution is 5.90. The molecule has 2 N–H and O–H groups in total. The Morgan fingerprint density at radius 1 is 1.44 bits per heavy atom. The van der Waals surface area contributed by atoms with Gasteiger partial charge in [-0.05, 0) is 18.6 Å². The fourth-order valence-corrected chi connectivity index (χ4v) is 2.01. The third kappa shape index (κ3) is 2.45. The summed E-state index contributed by atoms with van der Waals surface area (Å²) in [6.07, 6.45) is 0.635. The fraction of sp³-hybridized carbons (Fsp3) is 0.385. The van der Waals surface area contributed by atoms with Crippen molar-refractivity contribution in [1.82, 2.24) is 5.32 Å². The Bertz CT molecular complexity index is 448. The average molecular weight is 248 g/mol. The first-order chi connectivity index (χ1) is 8.61. The monoisotopic (exact) mass is 248 g/mol. The van der Waals surface area contributed by atoms with E-state index in [9.17, 15) is 9.59 Å². The number of carbonyl (C=O) groups excluding carboxylic acids is 2. The molecule has 1 amide bonds. The van der Waals surface area contributed by atoms with Gasteiger partial charge in [0.25, 0.3) is 0 Å². The molecule has 1 heterocycles. The number of carbonyl (C=O) groups is 2. The number of para-hydroxylation sites is 1. The van der Waals surface area contributed by atoms with Gasteiger partial charge >= 0.3 is 5.97 Å². The molecule has 0 bridgehead atoms. The van der Waals surface area contributed by atoms with E-state index < -0.39 is 12.0 Å². The lowest BCUT2D eigenvalue weighted by atomic mass is 10.1. The van der Waals surface area contributed by atoms with E-state index in [0.717, 1.165) is 11.3 Å². The van der Waals surface area contributed by atoms with Gasteiger partial charge in [0.05, 0.1) is 7.11 Å². The molecule has 1 aliphatic rings. The van der Waals surface area contributed by atoms with Crippen LogP contribution < -0.4 is 10.6 Å². The first-order valence-electron chi connectivity index (χ1n) is 5.84. The number of ether oxygens (including phenoxy) is 1. The van der Waals surface area contributed by atoms with Crippen molar-refractivity contribution in [3.8, 4) is 0 Å². The minimum Gasteiger partial charge on any atom is -0.467 e. The highest BCUT2D eigenvalue weighted by Crippen LogP contribution is 2.25. The number of nitrogens with one attached hydrogen (secondary N) is 2. The second kappa shape index (κ2) is 5.08. The molecule has 0 saturated heterocycles. The summed E-state index contributed by atoms with van der Waals surface area (Å²) in [6.45, 7) is 1.60. The topological polar surface area (TPSA) is 67.4 Å². The Balaban J connectivity index is 1.95. The van der Waals surface area contributed by atoms with Crippen LogP contribution in [0.3, 0.4) is 0 Å². The maximum Gasteiger partial charge on any atom is 0.328 e. The zero-order valence-corrected chi connectivity index (χ0v) is 10.4. The van der Waals surface area contributed by atoms with Crippen molar-refractivity contribution in [1.29, 1.82) is 0 Å². The molecule has 2 atom stereocenters. The number of esters is 1. The molecular weight excluding hydrogens is 232 g/mol. The van der Waals surface area contributed by atoms with Gasteiger partial charge in [-0.2, -0.15) is 0 Å². The summed E-state index contributed by atoms with van der Waals surface area (Å²) in [4.78, 5) is 23.2. The SMILES string of the molecule is COC(=O)C(C)NC(=O)[C@@H]1Cc2ccccc2N1. The van der Waals surface area contributed by atoms with Crippen molar-refractivity contribution in [2.45, 2.75) is 25.4 Å². The van der Waals surface area contributed by atoms with E-state index in [2.05, 4.69) is 15.4 Å². The van der Waals surface area contributed by atoms with Crippen LogP contribution in [0, 0.1) is 0 Å². The standard InChI is InChI=1S/C13H16N2O3/c1-8(13(17)18-2)14-12(16)11-7-9-5-3-4-6-10(9)15-11/h3-6,8,11,15H,7H2,1-2H3,(H,14,16)/t8?,11-/m0/s1. The predicted molar refractivity (Wildman–Crippen MR) is 67.2 cm³/mol. The van der Waals surface area contributed by atoms with Crippen LogP contribution in [0.4, 0.5) is 5.69 Å². The van der Waals surface area contributed by atoms with Crippen LogP contribution in [-0.4, -0.2) is 31.1 Å².